The summed E-state index contributed by atoms with van der Waals surface area (Å²) < 4.78 is 11.4. The SMILES string of the molecule is OCc1cccc(OCc2cc(CN(Cc3ccccc3)CC3CC(c4ccccc4)=NO3)no2)c1. The first-order chi connectivity index (χ1) is 17.7. The third-order valence-electron chi connectivity index (χ3n) is 6.01. The Labute approximate surface area is 210 Å². The van der Waals surface area contributed by atoms with Crippen LogP contribution in [-0.2, 0) is 31.1 Å². The van der Waals surface area contributed by atoms with E-state index in [1.807, 2.05) is 66.7 Å². The van der Waals surface area contributed by atoms with Crippen molar-refractivity contribution in [2.45, 2.75) is 38.8 Å². The van der Waals surface area contributed by atoms with Gasteiger partial charge in [-0.1, -0.05) is 83.1 Å². The quantitative estimate of drug-likeness (QED) is 0.325. The topological polar surface area (TPSA) is 80.3 Å². The van der Waals surface area contributed by atoms with Gasteiger partial charge in [0.25, 0.3) is 0 Å². The molecule has 2 heterocycles. The molecule has 0 radical (unpaired) electrons. The van der Waals surface area contributed by atoms with Crippen LogP contribution >= 0.6 is 0 Å². The highest BCUT2D eigenvalue weighted by atomic mass is 16.6. The summed E-state index contributed by atoms with van der Waals surface area (Å²) >= 11 is 0. The van der Waals surface area contributed by atoms with Gasteiger partial charge in [-0.25, -0.2) is 0 Å². The molecule has 0 aliphatic carbocycles. The number of aliphatic hydroxyl groups excluding tert-OH is 1. The predicted octanol–water partition coefficient (Wildman–Crippen LogP) is 4.94. The van der Waals surface area contributed by atoms with E-state index in [4.69, 9.17) is 14.1 Å². The van der Waals surface area contributed by atoms with Crippen molar-refractivity contribution >= 4 is 5.71 Å². The van der Waals surface area contributed by atoms with E-state index in [-0.39, 0.29) is 19.3 Å². The first-order valence-electron chi connectivity index (χ1n) is 12.1. The van der Waals surface area contributed by atoms with Gasteiger partial charge in [-0.05, 0) is 28.8 Å². The molecule has 1 unspecified atom stereocenters. The van der Waals surface area contributed by atoms with Crippen LogP contribution in [0.2, 0.25) is 0 Å². The molecule has 0 saturated carbocycles. The molecule has 1 atom stereocenters. The second-order valence-corrected chi connectivity index (χ2v) is 8.87. The molecule has 184 valence electrons. The molecule has 0 bridgehead atoms. The maximum absolute atomic E-state index is 9.31. The summed E-state index contributed by atoms with van der Waals surface area (Å²) in [6.07, 6.45) is 0.734. The number of rotatable bonds is 11. The Morgan fingerprint density at radius 1 is 0.889 bits per heavy atom. The van der Waals surface area contributed by atoms with Crippen LogP contribution < -0.4 is 4.74 Å². The van der Waals surface area contributed by atoms with Crippen LogP contribution in [0.15, 0.2) is 101 Å². The van der Waals surface area contributed by atoms with Crippen LogP contribution in [0.1, 0.15) is 34.6 Å². The summed E-state index contributed by atoms with van der Waals surface area (Å²) in [4.78, 5) is 8.10. The molecule has 1 aliphatic rings. The summed E-state index contributed by atoms with van der Waals surface area (Å²) in [7, 11) is 0. The number of hydrogen-bond acceptors (Lipinski definition) is 7. The minimum atomic E-state index is -0.0302. The standard InChI is InChI=1S/C29H29N3O4/c33-20-23-10-7-13-26(14-23)34-21-28-15-25(30-36-28)18-32(17-22-8-3-1-4-9-22)19-27-16-29(31-35-27)24-11-5-2-6-12-24/h1-15,27,33H,16-21H2. The van der Waals surface area contributed by atoms with Crippen molar-refractivity contribution in [3.8, 4) is 5.75 Å². The van der Waals surface area contributed by atoms with Crippen molar-refractivity contribution in [1.82, 2.24) is 10.1 Å². The third-order valence-corrected chi connectivity index (χ3v) is 6.01. The molecule has 3 aromatic carbocycles. The number of oxime groups is 1. The van der Waals surface area contributed by atoms with Gasteiger partial charge in [0.1, 0.15) is 18.5 Å². The van der Waals surface area contributed by atoms with Crippen molar-refractivity contribution in [3.63, 3.8) is 0 Å². The number of aliphatic hydroxyl groups is 1. The van der Waals surface area contributed by atoms with Crippen LogP contribution in [0.4, 0.5) is 0 Å². The fraction of sp³-hybridized carbons (Fsp3) is 0.241. The lowest BCUT2D eigenvalue weighted by molar-refractivity contribution is 0.0473. The van der Waals surface area contributed by atoms with Gasteiger partial charge in [0.2, 0.25) is 0 Å². The molecule has 0 spiro atoms. The molecule has 1 aliphatic heterocycles. The summed E-state index contributed by atoms with van der Waals surface area (Å²) in [5.41, 5.74) is 4.92. The van der Waals surface area contributed by atoms with Crippen LogP contribution in [0.3, 0.4) is 0 Å². The van der Waals surface area contributed by atoms with Gasteiger partial charge in [-0.3, -0.25) is 4.90 Å². The minimum absolute atomic E-state index is 0.0243. The molecule has 1 N–H and O–H groups in total. The van der Waals surface area contributed by atoms with Crippen molar-refractivity contribution < 1.29 is 19.2 Å². The fourth-order valence-electron chi connectivity index (χ4n) is 4.26. The first-order valence-corrected chi connectivity index (χ1v) is 12.1. The van der Waals surface area contributed by atoms with E-state index in [1.165, 1.54) is 5.56 Å². The van der Waals surface area contributed by atoms with E-state index in [2.05, 4.69) is 39.5 Å². The van der Waals surface area contributed by atoms with Gasteiger partial charge in [0.05, 0.1) is 18.0 Å². The molecule has 5 rings (SSSR count). The number of ether oxygens (including phenoxy) is 1. The summed E-state index contributed by atoms with van der Waals surface area (Å²) in [5.74, 6) is 1.32. The van der Waals surface area contributed by atoms with Gasteiger partial charge in [0, 0.05) is 32.1 Å². The van der Waals surface area contributed by atoms with Gasteiger partial charge in [-0.2, -0.15) is 0 Å². The summed E-state index contributed by atoms with van der Waals surface area (Å²) in [6.45, 7) is 2.32. The first kappa shape index (κ1) is 23.8. The molecule has 0 fully saturated rings. The lowest BCUT2D eigenvalue weighted by Crippen LogP contribution is -2.32. The van der Waals surface area contributed by atoms with Crippen molar-refractivity contribution in [1.29, 1.82) is 0 Å². The minimum Gasteiger partial charge on any atom is -0.486 e. The Kier molecular flexibility index (Phi) is 7.70. The second kappa shape index (κ2) is 11.7. The van der Waals surface area contributed by atoms with Crippen molar-refractivity contribution in [2.75, 3.05) is 6.54 Å². The predicted molar refractivity (Wildman–Crippen MR) is 136 cm³/mol. The largest absolute Gasteiger partial charge is 0.486 e. The molecular weight excluding hydrogens is 454 g/mol. The average Bonchev–Trinajstić information content (AvgIpc) is 3.58. The molecular formula is C29H29N3O4. The Bertz CT molecular complexity index is 1270. The van der Waals surface area contributed by atoms with Crippen LogP contribution in [0, 0.1) is 0 Å². The van der Waals surface area contributed by atoms with E-state index < -0.39 is 0 Å². The van der Waals surface area contributed by atoms with Crippen LogP contribution in [0.25, 0.3) is 0 Å². The molecule has 7 heteroatoms. The molecule has 0 amide bonds. The molecule has 1 aromatic heterocycles. The Morgan fingerprint density at radius 2 is 1.67 bits per heavy atom. The van der Waals surface area contributed by atoms with Crippen LogP contribution in [0.5, 0.6) is 5.75 Å². The smallest absolute Gasteiger partial charge is 0.174 e. The number of aromatic nitrogens is 1. The maximum atomic E-state index is 9.31. The van der Waals surface area contributed by atoms with Gasteiger partial charge < -0.3 is 19.2 Å². The van der Waals surface area contributed by atoms with Gasteiger partial charge in [-0.15, -0.1) is 0 Å². The van der Waals surface area contributed by atoms with E-state index in [1.54, 1.807) is 0 Å². The van der Waals surface area contributed by atoms with Gasteiger partial charge in [0.15, 0.2) is 5.76 Å². The molecule has 36 heavy (non-hydrogen) atoms. The van der Waals surface area contributed by atoms with E-state index in [0.717, 1.165) is 35.5 Å². The zero-order valence-corrected chi connectivity index (χ0v) is 20.0. The Morgan fingerprint density at radius 3 is 2.47 bits per heavy atom. The lowest BCUT2D eigenvalue weighted by Gasteiger charge is -2.23. The Hall–Kier alpha value is -3.94. The van der Waals surface area contributed by atoms with E-state index in [9.17, 15) is 5.11 Å². The van der Waals surface area contributed by atoms with Gasteiger partial charge >= 0.3 is 0 Å². The van der Waals surface area contributed by atoms with Crippen molar-refractivity contribution in [2.24, 2.45) is 5.16 Å². The number of nitrogens with zero attached hydrogens (tertiary/aromatic N) is 3. The lowest BCUT2D eigenvalue weighted by atomic mass is 10.0. The summed E-state index contributed by atoms with van der Waals surface area (Å²) in [5, 5.41) is 17.9. The molecule has 4 aromatic rings. The zero-order chi connectivity index (χ0) is 24.6. The fourth-order valence-corrected chi connectivity index (χ4v) is 4.26. The molecule has 0 saturated heterocycles. The highest BCUT2D eigenvalue weighted by molar-refractivity contribution is 6.01. The third kappa shape index (κ3) is 6.38. The monoisotopic (exact) mass is 483 g/mol. The normalized spacial score (nSPS) is 15.1. The number of hydrogen-bond donors (Lipinski definition) is 1. The van der Waals surface area contributed by atoms with Crippen molar-refractivity contribution in [3.05, 3.63) is 119 Å². The Balaban J connectivity index is 1.22. The maximum Gasteiger partial charge on any atom is 0.174 e. The van der Waals surface area contributed by atoms with Crippen LogP contribution in [-0.4, -0.2) is 33.5 Å². The second-order valence-electron chi connectivity index (χ2n) is 8.87. The molecule has 7 nitrogen and oxygen atoms in total. The summed E-state index contributed by atoms with van der Waals surface area (Å²) in [6, 6.07) is 29.8. The van der Waals surface area contributed by atoms with E-state index >= 15 is 0 Å². The highest BCUT2D eigenvalue weighted by Gasteiger charge is 2.25. The number of benzene rings is 3. The zero-order valence-electron chi connectivity index (χ0n) is 20.0. The average molecular weight is 484 g/mol. The highest BCUT2D eigenvalue weighted by Crippen LogP contribution is 2.21. The van der Waals surface area contributed by atoms with E-state index in [0.29, 0.717) is 24.6 Å².